The molecule has 0 saturated carbocycles. The van der Waals surface area contributed by atoms with Crippen LogP contribution in [-0.2, 0) is 0 Å². The normalized spacial score (nSPS) is 14.9. The van der Waals surface area contributed by atoms with Gasteiger partial charge in [-0.3, -0.25) is 0 Å². The summed E-state index contributed by atoms with van der Waals surface area (Å²) in [6.07, 6.45) is -1.24. The summed E-state index contributed by atoms with van der Waals surface area (Å²) in [6, 6.07) is 7.52. The van der Waals surface area contributed by atoms with Gasteiger partial charge in [0, 0.05) is 3.57 Å². The topological polar surface area (TPSA) is 49.7 Å². The first-order chi connectivity index (χ1) is 6.63. The largest absolute Gasteiger partial charge is 0.488 e. The Labute approximate surface area is 96.9 Å². The van der Waals surface area contributed by atoms with Crippen LogP contribution in [0.2, 0.25) is 0 Å². The molecule has 0 aliphatic heterocycles. The van der Waals surface area contributed by atoms with Crippen LogP contribution < -0.4 is 4.74 Å². The van der Waals surface area contributed by atoms with Gasteiger partial charge in [0.25, 0.3) is 0 Å². The van der Waals surface area contributed by atoms with E-state index in [1.165, 1.54) is 0 Å². The second-order valence-electron chi connectivity index (χ2n) is 3.03. The predicted octanol–water partition coefficient (Wildman–Crippen LogP) is 1.41. The summed E-state index contributed by atoms with van der Waals surface area (Å²) < 4.78 is 6.54. The van der Waals surface area contributed by atoms with E-state index < -0.39 is 12.2 Å². The molecular weight excluding hydrogens is 295 g/mol. The highest BCUT2D eigenvalue weighted by Crippen LogP contribution is 2.15. The van der Waals surface area contributed by atoms with Crippen LogP contribution in [0.3, 0.4) is 0 Å². The number of ether oxygens (including phenoxy) is 1. The Kier molecular flexibility index (Phi) is 4.64. The van der Waals surface area contributed by atoms with Crippen molar-refractivity contribution in [2.75, 3.05) is 6.61 Å². The fourth-order valence-electron chi connectivity index (χ4n) is 0.955. The molecule has 4 heteroatoms. The molecule has 14 heavy (non-hydrogen) atoms. The van der Waals surface area contributed by atoms with Gasteiger partial charge in [0.05, 0.1) is 6.61 Å². The van der Waals surface area contributed by atoms with Crippen molar-refractivity contribution >= 4 is 22.6 Å². The smallest absolute Gasteiger partial charge is 0.124 e. The molecular formula is C10H13IO3. The predicted molar refractivity (Wildman–Crippen MR) is 62.3 cm³/mol. The summed E-state index contributed by atoms with van der Waals surface area (Å²) in [5.74, 6) is 0.699. The van der Waals surface area contributed by atoms with Crippen LogP contribution in [0.1, 0.15) is 6.92 Å². The molecule has 0 aliphatic rings. The van der Waals surface area contributed by atoms with Crippen LogP contribution in [0.25, 0.3) is 0 Å². The second kappa shape index (κ2) is 5.53. The molecule has 3 nitrogen and oxygen atoms in total. The van der Waals surface area contributed by atoms with E-state index in [2.05, 4.69) is 22.6 Å². The molecule has 0 radical (unpaired) electrons. The Morgan fingerprint density at radius 2 is 1.93 bits per heavy atom. The van der Waals surface area contributed by atoms with Crippen molar-refractivity contribution < 1.29 is 14.9 Å². The lowest BCUT2D eigenvalue weighted by Crippen LogP contribution is -2.31. The number of halogens is 1. The molecule has 0 saturated heterocycles. The molecule has 0 aromatic heterocycles. The van der Waals surface area contributed by atoms with Crippen LogP contribution >= 0.6 is 22.6 Å². The Bertz CT molecular complexity index is 273. The third-order valence-corrected chi connectivity index (χ3v) is 2.58. The quantitative estimate of drug-likeness (QED) is 0.827. The van der Waals surface area contributed by atoms with E-state index >= 15 is 0 Å². The summed E-state index contributed by atoms with van der Waals surface area (Å²) in [5.41, 5.74) is 0. The standard InChI is InChI=1S/C10H13IO3/c1-7(10(13)6-12)14-9-4-2-8(11)3-5-9/h2-5,7,10,12-13H,6H2,1H3/t7-,10?/m1/s1. The Balaban J connectivity index is 2.56. The number of aliphatic hydroxyl groups is 2. The lowest BCUT2D eigenvalue weighted by Gasteiger charge is -2.18. The second-order valence-corrected chi connectivity index (χ2v) is 4.27. The Hall–Kier alpha value is -0.330. The van der Waals surface area contributed by atoms with E-state index in [0.717, 1.165) is 3.57 Å². The molecule has 1 aromatic carbocycles. The molecule has 0 spiro atoms. The highest BCUT2D eigenvalue weighted by Gasteiger charge is 2.14. The van der Waals surface area contributed by atoms with Crippen LogP contribution in [0.15, 0.2) is 24.3 Å². The first-order valence-electron chi connectivity index (χ1n) is 4.34. The monoisotopic (exact) mass is 308 g/mol. The zero-order valence-electron chi connectivity index (χ0n) is 7.85. The van der Waals surface area contributed by atoms with Gasteiger partial charge in [-0.05, 0) is 53.8 Å². The Morgan fingerprint density at radius 3 is 2.43 bits per heavy atom. The van der Waals surface area contributed by atoms with Crippen LogP contribution in [-0.4, -0.2) is 29.0 Å². The average molecular weight is 308 g/mol. The number of aliphatic hydroxyl groups excluding tert-OH is 2. The van der Waals surface area contributed by atoms with Crippen molar-refractivity contribution in [1.29, 1.82) is 0 Å². The minimum Gasteiger partial charge on any atom is -0.488 e. The summed E-state index contributed by atoms with van der Waals surface area (Å²) in [7, 11) is 0. The lowest BCUT2D eigenvalue weighted by atomic mass is 10.2. The summed E-state index contributed by atoms with van der Waals surface area (Å²) in [4.78, 5) is 0. The fourth-order valence-corrected chi connectivity index (χ4v) is 1.31. The van der Waals surface area contributed by atoms with Crippen molar-refractivity contribution in [1.82, 2.24) is 0 Å². The molecule has 1 unspecified atom stereocenters. The van der Waals surface area contributed by atoms with E-state index in [9.17, 15) is 5.11 Å². The van der Waals surface area contributed by atoms with Crippen molar-refractivity contribution in [3.05, 3.63) is 27.8 Å². The van der Waals surface area contributed by atoms with Crippen LogP contribution in [0, 0.1) is 3.57 Å². The summed E-state index contributed by atoms with van der Waals surface area (Å²) in [5, 5.41) is 18.0. The molecule has 1 aromatic rings. The highest BCUT2D eigenvalue weighted by atomic mass is 127. The van der Waals surface area contributed by atoms with Crippen molar-refractivity contribution in [2.45, 2.75) is 19.1 Å². The van der Waals surface area contributed by atoms with Gasteiger partial charge in [0.15, 0.2) is 0 Å². The molecule has 2 atom stereocenters. The minimum atomic E-state index is -0.839. The SMILES string of the molecule is C[C@@H](Oc1ccc(I)cc1)C(O)CO. The van der Waals surface area contributed by atoms with Gasteiger partial charge in [0.1, 0.15) is 18.0 Å². The van der Waals surface area contributed by atoms with E-state index in [4.69, 9.17) is 9.84 Å². The maximum absolute atomic E-state index is 9.27. The molecule has 0 fully saturated rings. The van der Waals surface area contributed by atoms with Gasteiger partial charge >= 0.3 is 0 Å². The first kappa shape index (κ1) is 11.7. The molecule has 78 valence electrons. The van der Waals surface area contributed by atoms with Crippen molar-refractivity contribution in [3.63, 3.8) is 0 Å². The molecule has 2 N–H and O–H groups in total. The third kappa shape index (κ3) is 3.43. The van der Waals surface area contributed by atoms with E-state index in [0.29, 0.717) is 5.75 Å². The zero-order chi connectivity index (χ0) is 10.6. The van der Waals surface area contributed by atoms with Crippen LogP contribution in [0.4, 0.5) is 0 Å². The molecule has 0 bridgehead atoms. The number of rotatable bonds is 4. The van der Waals surface area contributed by atoms with Gasteiger partial charge in [0.2, 0.25) is 0 Å². The minimum absolute atomic E-state index is 0.286. The molecule has 1 rings (SSSR count). The molecule has 0 heterocycles. The molecule has 0 aliphatic carbocycles. The molecule has 0 amide bonds. The fraction of sp³-hybridized carbons (Fsp3) is 0.400. The Morgan fingerprint density at radius 1 is 1.36 bits per heavy atom. The zero-order valence-corrected chi connectivity index (χ0v) is 10.0. The summed E-state index contributed by atoms with van der Waals surface area (Å²) >= 11 is 2.21. The van der Waals surface area contributed by atoms with Crippen molar-refractivity contribution in [3.8, 4) is 5.75 Å². The van der Waals surface area contributed by atoms with Crippen molar-refractivity contribution in [2.24, 2.45) is 0 Å². The van der Waals surface area contributed by atoms with Crippen LogP contribution in [0.5, 0.6) is 5.75 Å². The van der Waals surface area contributed by atoms with E-state index in [1.807, 2.05) is 24.3 Å². The van der Waals surface area contributed by atoms with Gasteiger partial charge < -0.3 is 14.9 Å². The maximum atomic E-state index is 9.27. The highest BCUT2D eigenvalue weighted by molar-refractivity contribution is 14.1. The lowest BCUT2D eigenvalue weighted by molar-refractivity contribution is 0.00815. The van der Waals surface area contributed by atoms with E-state index in [1.54, 1.807) is 6.92 Å². The summed E-state index contributed by atoms with van der Waals surface area (Å²) in [6.45, 7) is 1.43. The van der Waals surface area contributed by atoms with Gasteiger partial charge in [-0.1, -0.05) is 0 Å². The number of hydrogen-bond acceptors (Lipinski definition) is 3. The van der Waals surface area contributed by atoms with Gasteiger partial charge in [-0.15, -0.1) is 0 Å². The van der Waals surface area contributed by atoms with Gasteiger partial charge in [-0.25, -0.2) is 0 Å². The maximum Gasteiger partial charge on any atom is 0.124 e. The first-order valence-corrected chi connectivity index (χ1v) is 5.42. The third-order valence-electron chi connectivity index (χ3n) is 1.86. The number of hydrogen-bond donors (Lipinski definition) is 2. The van der Waals surface area contributed by atoms with Gasteiger partial charge in [-0.2, -0.15) is 0 Å². The average Bonchev–Trinajstić information content (AvgIpc) is 2.20. The van der Waals surface area contributed by atoms with E-state index in [-0.39, 0.29) is 6.61 Å². The number of benzene rings is 1.